The maximum absolute atomic E-state index is 13.5. The highest BCUT2D eigenvalue weighted by Gasteiger charge is 2.43. The second-order valence-corrected chi connectivity index (χ2v) is 8.01. The first-order valence-corrected chi connectivity index (χ1v) is 10.1. The van der Waals surface area contributed by atoms with Crippen molar-refractivity contribution in [1.82, 2.24) is 9.88 Å². The molecule has 154 valence electrons. The lowest BCUT2D eigenvalue weighted by Crippen LogP contribution is -2.44. The second kappa shape index (κ2) is 7.11. The number of carbonyl (C=O) groups excluding carboxylic acids is 2. The highest BCUT2D eigenvalue weighted by molar-refractivity contribution is 6.31. The molecule has 30 heavy (non-hydrogen) atoms. The number of amides is 2. The number of H-pyrrole nitrogens is 1. The van der Waals surface area contributed by atoms with Gasteiger partial charge in [0.15, 0.2) is 0 Å². The Morgan fingerprint density at radius 3 is 2.80 bits per heavy atom. The lowest BCUT2D eigenvalue weighted by atomic mass is 10.0. The number of ether oxygens (including phenoxy) is 1. The Morgan fingerprint density at radius 2 is 2.03 bits per heavy atom. The van der Waals surface area contributed by atoms with Crippen LogP contribution in [-0.2, 0) is 22.6 Å². The van der Waals surface area contributed by atoms with Crippen LogP contribution in [0.4, 0.5) is 10.1 Å². The van der Waals surface area contributed by atoms with E-state index < -0.39 is 11.9 Å². The van der Waals surface area contributed by atoms with Gasteiger partial charge in [0.1, 0.15) is 11.6 Å². The van der Waals surface area contributed by atoms with Crippen molar-refractivity contribution in [3.8, 4) is 5.75 Å². The van der Waals surface area contributed by atoms with Crippen LogP contribution in [0, 0.1) is 5.82 Å². The minimum atomic E-state index is -0.588. The van der Waals surface area contributed by atoms with E-state index >= 15 is 0 Å². The van der Waals surface area contributed by atoms with Crippen molar-refractivity contribution in [2.45, 2.75) is 25.4 Å². The topological polar surface area (TPSA) is 65.6 Å². The quantitative estimate of drug-likeness (QED) is 0.648. The van der Waals surface area contributed by atoms with Crippen LogP contribution in [0.15, 0.2) is 36.4 Å². The maximum atomic E-state index is 13.5. The number of nitrogens with zero attached hydrogens (tertiary/aromatic N) is 2. The number of rotatable bonds is 3. The van der Waals surface area contributed by atoms with Gasteiger partial charge in [0, 0.05) is 29.7 Å². The van der Waals surface area contributed by atoms with E-state index in [0.717, 1.165) is 39.7 Å². The van der Waals surface area contributed by atoms with Gasteiger partial charge in [0.05, 0.1) is 30.3 Å². The number of aromatic amines is 1. The molecule has 2 aliphatic heterocycles. The minimum Gasteiger partial charge on any atom is -0.497 e. The molecule has 2 amide bonds. The van der Waals surface area contributed by atoms with Crippen molar-refractivity contribution in [2.24, 2.45) is 0 Å². The number of imide groups is 1. The molecule has 3 heterocycles. The highest BCUT2D eigenvalue weighted by atomic mass is 35.5. The largest absolute Gasteiger partial charge is 0.497 e. The first-order valence-electron chi connectivity index (χ1n) is 9.69. The van der Waals surface area contributed by atoms with Gasteiger partial charge in [0.2, 0.25) is 5.91 Å². The average Bonchev–Trinajstić information content (AvgIpc) is 3.25. The fourth-order valence-electron chi connectivity index (χ4n) is 4.43. The Balaban J connectivity index is 1.41. The number of carbonyl (C=O) groups is 2. The van der Waals surface area contributed by atoms with Crippen molar-refractivity contribution >= 4 is 40.0 Å². The van der Waals surface area contributed by atoms with Crippen molar-refractivity contribution < 1.29 is 18.7 Å². The number of methoxy groups -OCH3 is 1. The van der Waals surface area contributed by atoms with E-state index in [1.54, 1.807) is 7.11 Å². The van der Waals surface area contributed by atoms with Gasteiger partial charge >= 0.3 is 0 Å². The third kappa shape index (κ3) is 2.97. The number of hydrogen-bond donors (Lipinski definition) is 1. The van der Waals surface area contributed by atoms with Crippen LogP contribution in [0.1, 0.15) is 17.7 Å². The van der Waals surface area contributed by atoms with Crippen LogP contribution in [0.5, 0.6) is 5.75 Å². The minimum absolute atomic E-state index is 0.0945. The zero-order chi connectivity index (χ0) is 21.0. The van der Waals surface area contributed by atoms with Crippen LogP contribution in [0.2, 0.25) is 5.02 Å². The number of aromatic nitrogens is 1. The van der Waals surface area contributed by atoms with Crippen molar-refractivity contribution in [3.63, 3.8) is 0 Å². The van der Waals surface area contributed by atoms with Gasteiger partial charge in [-0.3, -0.25) is 14.5 Å². The van der Waals surface area contributed by atoms with E-state index in [9.17, 15) is 14.0 Å². The Morgan fingerprint density at radius 1 is 1.20 bits per heavy atom. The van der Waals surface area contributed by atoms with Crippen molar-refractivity contribution in [3.05, 3.63) is 58.5 Å². The molecule has 3 aromatic rings. The summed E-state index contributed by atoms with van der Waals surface area (Å²) in [6.45, 7) is 1.22. The second-order valence-electron chi connectivity index (χ2n) is 7.60. The van der Waals surface area contributed by atoms with Gasteiger partial charge in [0.25, 0.3) is 5.91 Å². The third-order valence-corrected chi connectivity index (χ3v) is 6.23. The van der Waals surface area contributed by atoms with Gasteiger partial charge in [-0.15, -0.1) is 0 Å². The fraction of sp³-hybridized carbons (Fsp3) is 0.273. The molecular weight excluding hydrogens is 409 g/mol. The van der Waals surface area contributed by atoms with E-state index in [1.165, 1.54) is 17.7 Å². The summed E-state index contributed by atoms with van der Waals surface area (Å²) in [6, 6.07) is 9.25. The molecule has 0 bridgehead atoms. The predicted octanol–water partition coefficient (Wildman–Crippen LogP) is 3.66. The predicted molar refractivity (Wildman–Crippen MR) is 111 cm³/mol. The van der Waals surface area contributed by atoms with Crippen molar-refractivity contribution in [2.75, 3.05) is 18.6 Å². The van der Waals surface area contributed by atoms with Crippen LogP contribution in [0.3, 0.4) is 0 Å². The average molecular weight is 428 g/mol. The van der Waals surface area contributed by atoms with E-state index in [4.69, 9.17) is 16.3 Å². The number of hydrogen-bond acceptors (Lipinski definition) is 4. The number of halogens is 2. The summed E-state index contributed by atoms with van der Waals surface area (Å²) >= 11 is 5.84. The molecule has 5 rings (SSSR count). The molecule has 1 aromatic heterocycles. The Labute approximate surface area is 177 Å². The van der Waals surface area contributed by atoms with Gasteiger partial charge < -0.3 is 9.72 Å². The number of fused-ring (bicyclic) bond motifs is 3. The summed E-state index contributed by atoms with van der Waals surface area (Å²) in [5.74, 6) is -0.393. The molecule has 0 aliphatic carbocycles. The van der Waals surface area contributed by atoms with E-state index in [-0.39, 0.29) is 23.3 Å². The number of anilines is 1. The van der Waals surface area contributed by atoms with Crippen LogP contribution in [0.25, 0.3) is 10.9 Å². The molecule has 2 aliphatic rings. The molecule has 2 aromatic carbocycles. The molecule has 1 saturated heterocycles. The van der Waals surface area contributed by atoms with Gasteiger partial charge in [-0.2, -0.15) is 0 Å². The third-order valence-electron chi connectivity index (χ3n) is 5.94. The molecule has 0 saturated carbocycles. The standard InChI is InChI=1S/C22H19ClFN3O3/c1-30-13-3-5-18-15(9-13)14-6-7-26(11-19(14)25-18)20-10-21(28)27(22(20)29)12-2-4-17(24)16(23)8-12/h2-5,8-9,20,25H,6-7,10-11H2,1H3/t20-/m1/s1. The Kier molecular flexibility index (Phi) is 4.52. The molecule has 1 fully saturated rings. The normalized spacial score (nSPS) is 19.6. The van der Waals surface area contributed by atoms with E-state index in [0.29, 0.717) is 18.8 Å². The van der Waals surface area contributed by atoms with Gasteiger partial charge in [-0.05, 0) is 48.4 Å². The molecule has 8 heteroatoms. The van der Waals surface area contributed by atoms with E-state index in [2.05, 4.69) is 4.98 Å². The van der Waals surface area contributed by atoms with Crippen molar-refractivity contribution in [1.29, 1.82) is 0 Å². The summed E-state index contributed by atoms with van der Waals surface area (Å²) < 4.78 is 18.8. The molecule has 1 N–H and O–H groups in total. The van der Waals surface area contributed by atoms with E-state index in [1.807, 2.05) is 23.1 Å². The molecule has 6 nitrogen and oxygen atoms in total. The monoisotopic (exact) mass is 427 g/mol. The summed E-state index contributed by atoms with van der Waals surface area (Å²) in [4.78, 5) is 32.3. The Hall–Kier alpha value is -2.90. The first kappa shape index (κ1) is 19.1. The van der Waals surface area contributed by atoms with Gasteiger partial charge in [-0.25, -0.2) is 9.29 Å². The molecule has 0 radical (unpaired) electrons. The summed E-state index contributed by atoms with van der Waals surface area (Å²) in [5.41, 5.74) is 3.60. The fourth-order valence-corrected chi connectivity index (χ4v) is 4.61. The molecular formula is C22H19ClFN3O3. The van der Waals surface area contributed by atoms with Gasteiger partial charge in [-0.1, -0.05) is 11.6 Å². The molecule has 1 atom stereocenters. The number of benzene rings is 2. The Bertz CT molecular complexity index is 1190. The molecule has 0 spiro atoms. The van der Waals surface area contributed by atoms with Crippen LogP contribution >= 0.6 is 11.6 Å². The lowest BCUT2D eigenvalue weighted by Gasteiger charge is -2.30. The maximum Gasteiger partial charge on any atom is 0.251 e. The SMILES string of the molecule is COc1ccc2[nH]c3c(c2c1)CCN([C@@H]1CC(=O)N(c2ccc(F)c(Cl)c2)C1=O)C3. The first-order chi connectivity index (χ1) is 14.5. The summed E-state index contributed by atoms with van der Waals surface area (Å²) in [6.07, 6.45) is 0.861. The summed E-state index contributed by atoms with van der Waals surface area (Å²) in [5, 5.41) is 1.01. The lowest BCUT2D eigenvalue weighted by molar-refractivity contribution is -0.123. The smallest absolute Gasteiger partial charge is 0.251 e. The van der Waals surface area contributed by atoms with Crippen LogP contribution in [-0.4, -0.2) is 41.4 Å². The van der Waals surface area contributed by atoms with Crippen LogP contribution < -0.4 is 9.64 Å². The number of nitrogens with one attached hydrogen (secondary N) is 1. The highest BCUT2D eigenvalue weighted by Crippen LogP contribution is 2.34. The zero-order valence-corrected chi connectivity index (χ0v) is 17.0. The summed E-state index contributed by atoms with van der Waals surface area (Å²) in [7, 11) is 1.64. The zero-order valence-electron chi connectivity index (χ0n) is 16.2. The molecule has 0 unspecified atom stereocenters.